The molecule has 2 aromatic carbocycles. The molecular formula is C33H40FN3O7. The molecule has 2 bridgehead atoms. The van der Waals surface area contributed by atoms with Crippen molar-refractivity contribution in [3.05, 3.63) is 59.4 Å². The van der Waals surface area contributed by atoms with Crippen molar-refractivity contribution in [1.82, 2.24) is 10.4 Å². The molecule has 4 fully saturated rings. The van der Waals surface area contributed by atoms with Gasteiger partial charge in [-0.15, -0.1) is 0 Å². The van der Waals surface area contributed by atoms with E-state index in [0.717, 1.165) is 12.8 Å². The van der Waals surface area contributed by atoms with Crippen LogP contribution in [-0.4, -0.2) is 78.9 Å². The number of aldehydes is 1. The van der Waals surface area contributed by atoms with E-state index in [1.165, 1.54) is 48.9 Å². The summed E-state index contributed by atoms with van der Waals surface area (Å²) in [5.41, 5.74) is 2.87. The maximum atomic E-state index is 15.6. The Morgan fingerprint density at radius 1 is 1.27 bits per heavy atom. The number of anilines is 1. The number of hydrogen-bond acceptors (Lipinski definition) is 8. The van der Waals surface area contributed by atoms with Crippen molar-refractivity contribution in [3.8, 4) is 16.9 Å². The lowest BCUT2D eigenvalue weighted by Crippen LogP contribution is -2.57. The van der Waals surface area contributed by atoms with Gasteiger partial charge in [-0.25, -0.2) is 9.18 Å². The summed E-state index contributed by atoms with van der Waals surface area (Å²) in [5, 5.41) is 24.8. The highest BCUT2D eigenvalue weighted by molar-refractivity contribution is 5.92. The molecule has 1 saturated heterocycles. The quantitative estimate of drug-likeness (QED) is 0.273. The zero-order valence-electron chi connectivity index (χ0n) is 25.6. The van der Waals surface area contributed by atoms with Crippen molar-refractivity contribution < 1.29 is 38.6 Å². The molecule has 10 nitrogen and oxygen atoms in total. The SMILES string of the molecule is C=C1[C@@H]2C[C@H](NC(=O)[C@@H]3[C@H]([C@H](C)O)[C@H](C=O)ON3Cc3c(F)ccc(-c4cc(C(=O)O)cc(N(C)C)c4)c3OC)[C@@H](C)[C@H]1C2. The van der Waals surface area contributed by atoms with Crippen LogP contribution in [0.3, 0.4) is 0 Å². The number of ether oxygens (including phenoxy) is 1. The Morgan fingerprint density at radius 3 is 2.57 bits per heavy atom. The van der Waals surface area contributed by atoms with E-state index in [-0.39, 0.29) is 35.4 Å². The lowest BCUT2D eigenvalue weighted by molar-refractivity contribution is -0.177. The standard InChI is InChI=1S/C33H40FN3O7/c1-16-19-12-24(16)17(2)27(13-19)35-32(40)30-29(18(3)39)28(15-38)44-37(30)14-25-26(34)8-7-23(31(25)43-6)20-9-21(33(41)42)11-22(10-20)36(4)5/h7-11,15,17-19,24,27-30,39H,1,12-14H2,2-6H3,(H,35,40)(H,41,42)/t17-,18-,19-,24-,27-,28-,29+,30-/m0/s1. The fourth-order valence-corrected chi connectivity index (χ4v) is 7.09. The van der Waals surface area contributed by atoms with E-state index < -0.39 is 41.9 Å². The van der Waals surface area contributed by atoms with E-state index in [1.54, 1.807) is 25.1 Å². The van der Waals surface area contributed by atoms with Crippen LogP contribution in [0.25, 0.3) is 11.1 Å². The number of hydrogen-bond donors (Lipinski definition) is 3. The first kappa shape index (κ1) is 31.6. The molecule has 3 aliphatic carbocycles. The van der Waals surface area contributed by atoms with Crippen LogP contribution in [0.1, 0.15) is 42.6 Å². The van der Waals surface area contributed by atoms with Crippen LogP contribution in [0.15, 0.2) is 42.5 Å². The molecule has 8 atom stereocenters. The zero-order valence-corrected chi connectivity index (χ0v) is 25.6. The molecule has 44 heavy (non-hydrogen) atoms. The number of allylic oxidation sites excluding steroid dienone is 1. The molecule has 1 heterocycles. The minimum atomic E-state index is -1.13. The van der Waals surface area contributed by atoms with Crippen LogP contribution in [0.5, 0.6) is 5.75 Å². The molecule has 6 rings (SSSR count). The topological polar surface area (TPSA) is 129 Å². The van der Waals surface area contributed by atoms with E-state index in [0.29, 0.717) is 34.9 Å². The molecule has 0 spiro atoms. The molecule has 1 amide bonds. The lowest BCUT2D eigenvalue weighted by atomic mass is 9.56. The predicted molar refractivity (Wildman–Crippen MR) is 162 cm³/mol. The number of nitrogens with one attached hydrogen (secondary N) is 1. The predicted octanol–water partition coefficient (Wildman–Crippen LogP) is 3.66. The van der Waals surface area contributed by atoms with E-state index in [4.69, 9.17) is 9.57 Å². The number of carboxylic acid groups (broad SMARTS) is 1. The Labute approximate surface area is 256 Å². The maximum Gasteiger partial charge on any atom is 0.335 e. The largest absolute Gasteiger partial charge is 0.496 e. The van der Waals surface area contributed by atoms with Crippen molar-refractivity contribution in [2.24, 2.45) is 23.7 Å². The normalized spacial score (nSPS) is 28.6. The highest BCUT2D eigenvalue weighted by Crippen LogP contribution is 2.52. The number of carbonyl (C=O) groups excluding carboxylic acids is 2. The Kier molecular flexibility index (Phi) is 8.84. The summed E-state index contributed by atoms with van der Waals surface area (Å²) in [6, 6.07) is 6.33. The van der Waals surface area contributed by atoms with Gasteiger partial charge in [-0.05, 0) is 73.4 Å². The molecule has 236 valence electrons. The molecule has 0 radical (unpaired) electrons. The van der Waals surface area contributed by atoms with Gasteiger partial charge in [-0.3, -0.25) is 9.63 Å². The number of hydroxylamine groups is 2. The lowest BCUT2D eigenvalue weighted by Gasteiger charge is -2.52. The first-order chi connectivity index (χ1) is 20.9. The van der Waals surface area contributed by atoms with Crippen LogP contribution in [0, 0.1) is 29.5 Å². The van der Waals surface area contributed by atoms with E-state index >= 15 is 4.39 Å². The number of rotatable bonds is 10. The third kappa shape index (κ3) is 5.60. The average Bonchev–Trinajstić information content (AvgIpc) is 3.36. The van der Waals surface area contributed by atoms with Gasteiger partial charge < -0.3 is 30.0 Å². The first-order valence-electron chi connectivity index (χ1n) is 14.8. The Bertz CT molecular complexity index is 1480. The Morgan fingerprint density at radius 2 is 2.00 bits per heavy atom. The second-order valence-electron chi connectivity index (χ2n) is 12.4. The Hall–Kier alpha value is -3.80. The first-order valence-corrected chi connectivity index (χ1v) is 14.8. The summed E-state index contributed by atoms with van der Waals surface area (Å²) in [4.78, 5) is 45.5. The number of aliphatic hydroxyl groups is 1. The number of methoxy groups -OCH3 is 1. The van der Waals surface area contributed by atoms with E-state index in [9.17, 15) is 24.6 Å². The van der Waals surface area contributed by atoms with Crippen molar-refractivity contribution in [2.45, 2.75) is 57.5 Å². The van der Waals surface area contributed by atoms with Gasteiger partial charge in [0.05, 0.1) is 25.3 Å². The van der Waals surface area contributed by atoms with Gasteiger partial charge >= 0.3 is 5.97 Å². The summed E-state index contributed by atoms with van der Waals surface area (Å²) in [7, 11) is 4.94. The van der Waals surface area contributed by atoms with Crippen LogP contribution in [0.2, 0.25) is 0 Å². The number of carboxylic acids is 1. The van der Waals surface area contributed by atoms with Crippen LogP contribution in [0.4, 0.5) is 10.1 Å². The van der Waals surface area contributed by atoms with Gasteiger partial charge in [0.25, 0.3) is 0 Å². The third-order valence-corrected chi connectivity index (χ3v) is 9.66. The molecule has 3 N–H and O–H groups in total. The molecule has 0 aromatic heterocycles. The zero-order chi connectivity index (χ0) is 32.0. The van der Waals surface area contributed by atoms with Gasteiger partial charge in [0.15, 0.2) is 6.29 Å². The number of aromatic carboxylic acids is 1. The van der Waals surface area contributed by atoms with E-state index in [2.05, 4.69) is 18.8 Å². The summed E-state index contributed by atoms with van der Waals surface area (Å²) in [5.74, 6) is -2.05. The fraction of sp³-hybridized carbons (Fsp3) is 0.485. The molecule has 1 aliphatic heterocycles. The molecule has 2 aromatic rings. The second kappa shape index (κ2) is 12.3. The minimum absolute atomic E-state index is 0.0468. The summed E-state index contributed by atoms with van der Waals surface area (Å²) < 4.78 is 21.3. The Balaban J connectivity index is 1.51. The second-order valence-corrected chi connectivity index (χ2v) is 12.4. The number of nitrogens with zero attached hydrogens (tertiary/aromatic N) is 2. The van der Waals surface area contributed by atoms with Crippen molar-refractivity contribution in [2.75, 3.05) is 26.1 Å². The summed E-state index contributed by atoms with van der Waals surface area (Å²) >= 11 is 0. The van der Waals surface area contributed by atoms with Gasteiger partial charge in [0, 0.05) is 42.9 Å². The third-order valence-electron chi connectivity index (χ3n) is 9.66. The number of benzene rings is 2. The molecular weight excluding hydrogens is 569 g/mol. The van der Waals surface area contributed by atoms with Crippen molar-refractivity contribution in [3.63, 3.8) is 0 Å². The van der Waals surface area contributed by atoms with Gasteiger partial charge in [0.2, 0.25) is 5.91 Å². The monoisotopic (exact) mass is 609 g/mol. The van der Waals surface area contributed by atoms with Crippen LogP contribution >= 0.6 is 0 Å². The molecule has 11 heteroatoms. The number of fused-ring (bicyclic) bond motifs is 2. The number of amides is 1. The van der Waals surface area contributed by atoms with Crippen LogP contribution in [-0.2, 0) is 21.0 Å². The van der Waals surface area contributed by atoms with Crippen molar-refractivity contribution >= 4 is 23.9 Å². The fourth-order valence-electron chi connectivity index (χ4n) is 7.09. The van der Waals surface area contributed by atoms with Gasteiger partial charge in [-0.2, -0.15) is 5.06 Å². The molecule has 4 aliphatic rings. The number of aliphatic hydroxyl groups excluding tert-OH is 1. The van der Waals surface area contributed by atoms with Crippen molar-refractivity contribution in [1.29, 1.82) is 0 Å². The van der Waals surface area contributed by atoms with Gasteiger partial charge in [-0.1, -0.05) is 19.1 Å². The van der Waals surface area contributed by atoms with E-state index in [1.807, 2.05) is 0 Å². The highest BCUT2D eigenvalue weighted by atomic mass is 19.1. The number of carbonyl (C=O) groups is 3. The average molecular weight is 610 g/mol. The van der Waals surface area contributed by atoms with Gasteiger partial charge in [0.1, 0.15) is 23.7 Å². The highest BCUT2D eigenvalue weighted by Gasteiger charge is 2.52. The summed E-state index contributed by atoms with van der Waals surface area (Å²) in [6.45, 7) is 7.49. The smallest absolute Gasteiger partial charge is 0.335 e. The molecule has 0 unspecified atom stereocenters. The number of halogens is 1. The maximum absolute atomic E-state index is 15.6. The minimum Gasteiger partial charge on any atom is -0.496 e. The summed E-state index contributed by atoms with van der Waals surface area (Å²) in [6.07, 6.45) is 0.167. The molecule has 3 saturated carbocycles. The van der Waals surface area contributed by atoms with Crippen LogP contribution < -0.4 is 15.0 Å².